The Bertz CT molecular complexity index is 592. The van der Waals surface area contributed by atoms with Crippen LogP contribution in [0.1, 0.15) is 43.0 Å². The number of hydrogen-bond donors (Lipinski definition) is 2. The summed E-state index contributed by atoms with van der Waals surface area (Å²) in [5, 5.41) is 9.36. The molecule has 1 aromatic rings. The molecule has 158 valence electrons. The number of hydrogen-bond acceptors (Lipinski definition) is 5. The van der Waals surface area contributed by atoms with E-state index in [4.69, 9.17) is 4.74 Å². The summed E-state index contributed by atoms with van der Waals surface area (Å²) < 4.78 is 5.60. The van der Waals surface area contributed by atoms with Crippen LogP contribution in [0.3, 0.4) is 0 Å². The Kier molecular flexibility index (Phi) is 8.14. The first-order valence-electron chi connectivity index (χ1n) is 10.6. The van der Waals surface area contributed by atoms with Crippen molar-refractivity contribution in [1.82, 2.24) is 20.4 Å². The minimum absolute atomic E-state index is 0.244. The number of thiophene rings is 1. The van der Waals surface area contributed by atoms with Gasteiger partial charge >= 0.3 is 0 Å². The summed E-state index contributed by atoms with van der Waals surface area (Å²) in [5.74, 6) is 0.904. The fourth-order valence-electron chi connectivity index (χ4n) is 4.53. The molecule has 6 nitrogen and oxygen atoms in total. The zero-order valence-corrected chi connectivity index (χ0v) is 18.6. The third-order valence-electron chi connectivity index (χ3n) is 6.23. The SMILES string of the molecule is CN=C(NCC(c1cccs1)N(C)C)NCC1(N2CCOCC2)CCCCC1. The Labute approximate surface area is 174 Å². The molecule has 28 heavy (non-hydrogen) atoms. The molecule has 1 aliphatic heterocycles. The van der Waals surface area contributed by atoms with E-state index in [2.05, 4.69) is 57.0 Å². The highest BCUT2D eigenvalue weighted by Gasteiger charge is 2.38. The van der Waals surface area contributed by atoms with Gasteiger partial charge in [-0.2, -0.15) is 0 Å². The van der Waals surface area contributed by atoms with E-state index in [0.29, 0.717) is 6.04 Å². The summed E-state index contributed by atoms with van der Waals surface area (Å²) in [6.45, 7) is 5.62. The van der Waals surface area contributed by atoms with Gasteiger partial charge in [0.1, 0.15) is 0 Å². The first-order chi connectivity index (χ1) is 13.6. The molecule has 2 heterocycles. The smallest absolute Gasteiger partial charge is 0.191 e. The van der Waals surface area contributed by atoms with Crippen LogP contribution in [0.5, 0.6) is 0 Å². The quantitative estimate of drug-likeness (QED) is 0.537. The Morgan fingerprint density at radius 3 is 2.61 bits per heavy atom. The highest BCUT2D eigenvalue weighted by atomic mass is 32.1. The van der Waals surface area contributed by atoms with Gasteiger partial charge in [-0.1, -0.05) is 25.3 Å². The van der Waals surface area contributed by atoms with Crippen molar-refractivity contribution in [2.24, 2.45) is 4.99 Å². The van der Waals surface area contributed by atoms with Gasteiger partial charge in [-0.15, -0.1) is 11.3 Å². The minimum Gasteiger partial charge on any atom is -0.379 e. The monoisotopic (exact) mass is 407 g/mol. The van der Waals surface area contributed by atoms with Crippen molar-refractivity contribution in [3.05, 3.63) is 22.4 Å². The Hall–Kier alpha value is -1.15. The van der Waals surface area contributed by atoms with Crippen molar-refractivity contribution >= 4 is 17.3 Å². The maximum absolute atomic E-state index is 5.60. The molecule has 1 saturated heterocycles. The number of ether oxygens (including phenoxy) is 1. The lowest BCUT2D eigenvalue weighted by molar-refractivity contribution is -0.0352. The molecule has 3 rings (SSSR count). The van der Waals surface area contributed by atoms with E-state index in [0.717, 1.165) is 45.4 Å². The van der Waals surface area contributed by atoms with Crippen molar-refractivity contribution in [3.63, 3.8) is 0 Å². The number of nitrogens with zero attached hydrogens (tertiary/aromatic N) is 3. The molecule has 2 N–H and O–H groups in total. The molecule has 1 unspecified atom stereocenters. The topological polar surface area (TPSA) is 52.1 Å². The lowest BCUT2D eigenvalue weighted by Crippen LogP contribution is -2.60. The fourth-order valence-corrected chi connectivity index (χ4v) is 5.46. The predicted molar refractivity (Wildman–Crippen MR) is 118 cm³/mol. The molecule has 2 aliphatic rings. The van der Waals surface area contributed by atoms with E-state index in [1.54, 1.807) is 0 Å². The van der Waals surface area contributed by atoms with Crippen molar-refractivity contribution in [3.8, 4) is 0 Å². The second-order valence-electron chi connectivity index (χ2n) is 8.19. The molecule has 1 aromatic heterocycles. The fraction of sp³-hybridized carbons (Fsp3) is 0.762. The van der Waals surface area contributed by atoms with Crippen molar-refractivity contribution in [2.45, 2.75) is 43.7 Å². The number of guanidine groups is 1. The third kappa shape index (κ3) is 5.47. The maximum Gasteiger partial charge on any atom is 0.191 e. The molecule has 1 saturated carbocycles. The van der Waals surface area contributed by atoms with Crippen molar-refractivity contribution < 1.29 is 4.74 Å². The minimum atomic E-state index is 0.244. The number of rotatable bonds is 7. The van der Waals surface area contributed by atoms with Gasteiger partial charge in [0.2, 0.25) is 0 Å². The standard InChI is InChI=1S/C21H37N5OS/c1-22-20(23-16-18(25(2)3)19-8-7-15-28-19)24-17-21(9-5-4-6-10-21)26-11-13-27-14-12-26/h7-8,15,18H,4-6,9-14,16-17H2,1-3H3,(H2,22,23,24). The van der Waals surface area contributed by atoms with Crippen LogP contribution in [0.4, 0.5) is 0 Å². The number of nitrogens with one attached hydrogen (secondary N) is 2. The van der Waals surface area contributed by atoms with Gasteiger partial charge in [-0.05, 0) is 38.4 Å². The third-order valence-corrected chi connectivity index (χ3v) is 7.21. The molecule has 7 heteroatoms. The van der Waals surface area contributed by atoms with Gasteiger partial charge < -0.3 is 20.3 Å². The van der Waals surface area contributed by atoms with Gasteiger partial charge in [-0.3, -0.25) is 9.89 Å². The van der Waals surface area contributed by atoms with Gasteiger partial charge in [0.25, 0.3) is 0 Å². The van der Waals surface area contributed by atoms with Gasteiger partial charge in [-0.25, -0.2) is 0 Å². The summed E-state index contributed by atoms with van der Waals surface area (Å²) in [5.41, 5.74) is 0.244. The predicted octanol–water partition coefficient (Wildman–Crippen LogP) is 2.55. The van der Waals surface area contributed by atoms with Gasteiger partial charge in [0, 0.05) is 43.6 Å². The zero-order valence-electron chi connectivity index (χ0n) is 17.7. The molecular weight excluding hydrogens is 370 g/mol. The van der Waals surface area contributed by atoms with E-state index in [1.165, 1.54) is 37.0 Å². The highest BCUT2D eigenvalue weighted by molar-refractivity contribution is 7.10. The van der Waals surface area contributed by atoms with E-state index in [-0.39, 0.29) is 5.54 Å². The van der Waals surface area contributed by atoms with Crippen LogP contribution in [-0.2, 0) is 4.74 Å². The summed E-state index contributed by atoms with van der Waals surface area (Å²) in [6, 6.07) is 4.68. The van der Waals surface area contributed by atoms with Gasteiger partial charge in [0.15, 0.2) is 5.96 Å². The summed E-state index contributed by atoms with van der Waals surface area (Å²) in [6.07, 6.45) is 6.56. The average molecular weight is 408 g/mol. The lowest BCUT2D eigenvalue weighted by Gasteiger charge is -2.48. The van der Waals surface area contributed by atoms with E-state index >= 15 is 0 Å². The summed E-state index contributed by atoms with van der Waals surface area (Å²) in [7, 11) is 6.14. The highest BCUT2D eigenvalue weighted by Crippen LogP contribution is 2.33. The molecule has 0 amide bonds. The Balaban J connectivity index is 1.58. The average Bonchev–Trinajstić information content (AvgIpc) is 3.26. The molecular formula is C21H37N5OS. The van der Waals surface area contributed by atoms with E-state index in [1.807, 2.05) is 18.4 Å². The van der Waals surface area contributed by atoms with Crippen molar-refractivity contribution in [2.75, 3.05) is 60.5 Å². The molecule has 2 fully saturated rings. The van der Waals surface area contributed by atoms with Crippen LogP contribution in [-0.4, -0.2) is 81.8 Å². The van der Waals surface area contributed by atoms with E-state index in [9.17, 15) is 0 Å². The lowest BCUT2D eigenvalue weighted by atomic mass is 9.80. The Morgan fingerprint density at radius 1 is 1.25 bits per heavy atom. The molecule has 0 bridgehead atoms. The van der Waals surface area contributed by atoms with E-state index < -0.39 is 0 Å². The number of likely N-dealkylation sites (N-methyl/N-ethyl adjacent to an activating group) is 1. The molecule has 1 atom stereocenters. The van der Waals surface area contributed by atoms with Crippen LogP contribution >= 0.6 is 11.3 Å². The molecule has 0 aromatic carbocycles. The van der Waals surface area contributed by atoms with Gasteiger partial charge in [0.05, 0.1) is 19.3 Å². The normalized spacial score (nSPS) is 22.2. The van der Waals surface area contributed by atoms with Crippen LogP contribution < -0.4 is 10.6 Å². The van der Waals surface area contributed by atoms with Crippen LogP contribution in [0.15, 0.2) is 22.5 Å². The first kappa shape index (κ1) is 21.6. The molecule has 1 aliphatic carbocycles. The largest absolute Gasteiger partial charge is 0.379 e. The zero-order chi connectivity index (χ0) is 19.8. The first-order valence-corrected chi connectivity index (χ1v) is 11.5. The Morgan fingerprint density at radius 2 is 2.00 bits per heavy atom. The maximum atomic E-state index is 5.60. The summed E-state index contributed by atoms with van der Waals surface area (Å²) in [4.78, 5) is 10.8. The number of morpholine rings is 1. The molecule has 0 spiro atoms. The second-order valence-corrected chi connectivity index (χ2v) is 9.17. The second kappa shape index (κ2) is 10.6. The summed E-state index contributed by atoms with van der Waals surface area (Å²) >= 11 is 1.81. The van der Waals surface area contributed by atoms with Crippen LogP contribution in [0.25, 0.3) is 0 Å². The van der Waals surface area contributed by atoms with Crippen LogP contribution in [0, 0.1) is 0 Å². The van der Waals surface area contributed by atoms with Crippen LogP contribution in [0.2, 0.25) is 0 Å². The van der Waals surface area contributed by atoms with Crippen molar-refractivity contribution in [1.29, 1.82) is 0 Å². The molecule has 0 radical (unpaired) electrons. The number of aliphatic imine (C=N–C) groups is 1.